The number of hydrogen-bond donors (Lipinski definition) is 1. The number of rotatable bonds is 6. The van der Waals surface area contributed by atoms with E-state index in [9.17, 15) is 4.79 Å². The monoisotopic (exact) mass is 357 g/mol. The van der Waals surface area contributed by atoms with Gasteiger partial charge in [-0.25, -0.2) is 0 Å². The van der Waals surface area contributed by atoms with Crippen LogP contribution >= 0.6 is 0 Å². The normalized spacial score (nSPS) is 17.5. The summed E-state index contributed by atoms with van der Waals surface area (Å²) in [6.07, 6.45) is 2.83. The largest absolute Gasteiger partial charge is 0.344 e. The predicted octanol–water partition coefficient (Wildman–Crippen LogP) is 2.78. The van der Waals surface area contributed by atoms with Crippen molar-refractivity contribution in [2.45, 2.75) is 39.2 Å². The molecule has 1 aliphatic heterocycles. The first-order valence-corrected chi connectivity index (χ1v) is 9.13. The molecule has 140 valence electrons. The zero-order valence-corrected chi connectivity index (χ0v) is 16.0. The summed E-state index contributed by atoms with van der Waals surface area (Å²) >= 11 is 0. The van der Waals surface area contributed by atoms with Crippen molar-refractivity contribution in [3.63, 3.8) is 0 Å². The maximum absolute atomic E-state index is 12.7. The van der Waals surface area contributed by atoms with Gasteiger partial charge in [-0.05, 0) is 49.0 Å². The molecule has 0 aliphatic carbocycles. The van der Waals surface area contributed by atoms with E-state index >= 15 is 0 Å². The number of nitrogens with one attached hydrogen (secondary N) is 1. The molecule has 1 aliphatic rings. The van der Waals surface area contributed by atoms with Gasteiger partial charge in [0.2, 0.25) is 11.8 Å². The minimum absolute atomic E-state index is 0.00414. The molecule has 26 heavy (non-hydrogen) atoms. The third-order valence-corrected chi connectivity index (χ3v) is 4.83. The molecule has 1 aromatic carbocycles. The van der Waals surface area contributed by atoms with Crippen molar-refractivity contribution in [2.24, 2.45) is 0 Å². The highest BCUT2D eigenvalue weighted by Gasteiger charge is 2.32. The third kappa shape index (κ3) is 3.88. The lowest BCUT2D eigenvalue weighted by atomic mass is 10.1. The van der Waals surface area contributed by atoms with Crippen molar-refractivity contribution in [1.82, 2.24) is 15.0 Å². The molecular weight excluding hydrogens is 330 g/mol. The van der Waals surface area contributed by atoms with Gasteiger partial charge < -0.3 is 14.7 Å². The van der Waals surface area contributed by atoms with Crippen LogP contribution in [0.2, 0.25) is 0 Å². The smallest absolute Gasteiger partial charge is 0.265 e. The number of carbonyl (C=O) groups excluding carboxylic acids is 1. The molecule has 2 aromatic rings. The quantitative estimate of drug-likeness (QED) is 0.857. The van der Waals surface area contributed by atoms with Crippen LogP contribution in [0, 0.1) is 6.92 Å². The SMILES string of the molecule is CCc1cccc(C)c1NC(=O)CN1CCC[C@@H]1c1nc(N(C)C)no1. The molecule has 0 unspecified atom stereocenters. The average Bonchev–Trinajstić information content (AvgIpc) is 3.25. The van der Waals surface area contributed by atoms with E-state index in [0.717, 1.165) is 42.6 Å². The number of nitrogens with zero attached hydrogens (tertiary/aromatic N) is 4. The lowest BCUT2D eigenvalue weighted by Gasteiger charge is -2.21. The maximum atomic E-state index is 12.7. The van der Waals surface area contributed by atoms with E-state index in [-0.39, 0.29) is 11.9 Å². The zero-order chi connectivity index (χ0) is 18.7. The van der Waals surface area contributed by atoms with Crippen LogP contribution in [-0.2, 0) is 11.2 Å². The Balaban J connectivity index is 1.68. The van der Waals surface area contributed by atoms with Crippen LogP contribution in [0.4, 0.5) is 11.6 Å². The van der Waals surface area contributed by atoms with Gasteiger partial charge in [0.1, 0.15) is 0 Å². The third-order valence-electron chi connectivity index (χ3n) is 4.83. The highest BCUT2D eigenvalue weighted by atomic mass is 16.5. The molecule has 3 rings (SSSR count). The van der Waals surface area contributed by atoms with Crippen LogP contribution in [0.5, 0.6) is 0 Å². The van der Waals surface area contributed by atoms with E-state index in [1.165, 1.54) is 0 Å². The second-order valence-corrected chi connectivity index (χ2v) is 6.97. The number of aromatic nitrogens is 2. The van der Waals surface area contributed by atoms with Crippen molar-refractivity contribution in [1.29, 1.82) is 0 Å². The van der Waals surface area contributed by atoms with Crippen LogP contribution in [0.25, 0.3) is 0 Å². The lowest BCUT2D eigenvalue weighted by molar-refractivity contribution is -0.117. The van der Waals surface area contributed by atoms with Gasteiger partial charge in [-0.15, -0.1) is 0 Å². The number of aryl methyl sites for hydroxylation is 2. The molecule has 7 nitrogen and oxygen atoms in total. The molecule has 1 saturated heterocycles. The molecule has 1 atom stereocenters. The molecule has 0 radical (unpaired) electrons. The van der Waals surface area contributed by atoms with Gasteiger partial charge in [0.05, 0.1) is 12.6 Å². The molecular formula is C19H27N5O2. The highest BCUT2D eigenvalue weighted by molar-refractivity contribution is 5.93. The Labute approximate surface area is 154 Å². The number of carbonyl (C=O) groups is 1. The van der Waals surface area contributed by atoms with Gasteiger partial charge in [0, 0.05) is 19.8 Å². The molecule has 1 fully saturated rings. The standard InChI is InChI=1S/C19H27N5O2/c1-5-14-9-6-8-13(2)17(14)20-16(25)12-24-11-7-10-15(24)18-21-19(22-26-18)23(3)4/h6,8-9,15H,5,7,10-12H2,1-4H3,(H,20,25)/t15-/m1/s1. The van der Waals surface area contributed by atoms with Gasteiger partial charge in [-0.1, -0.05) is 25.1 Å². The molecule has 0 spiro atoms. The van der Waals surface area contributed by atoms with Crippen LogP contribution in [0.15, 0.2) is 22.7 Å². The van der Waals surface area contributed by atoms with E-state index in [0.29, 0.717) is 18.4 Å². The summed E-state index contributed by atoms with van der Waals surface area (Å²) in [6.45, 7) is 5.29. The Bertz CT molecular complexity index is 771. The zero-order valence-electron chi connectivity index (χ0n) is 16.0. The van der Waals surface area contributed by atoms with Crippen molar-refractivity contribution in [2.75, 3.05) is 37.4 Å². The second-order valence-electron chi connectivity index (χ2n) is 6.97. The number of benzene rings is 1. The van der Waals surface area contributed by atoms with E-state index in [4.69, 9.17) is 4.52 Å². The topological polar surface area (TPSA) is 74.5 Å². The van der Waals surface area contributed by atoms with Crippen molar-refractivity contribution in [3.8, 4) is 0 Å². The van der Waals surface area contributed by atoms with Gasteiger partial charge in [0.15, 0.2) is 0 Å². The Kier molecular flexibility index (Phi) is 5.56. The summed E-state index contributed by atoms with van der Waals surface area (Å²) in [5, 5.41) is 7.09. The lowest BCUT2D eigenvalue weighted by Crippen LogP contribution is -2.33. The summed E-state index contributed by atoms with van der Waals surface area (Å²) in [6, 6.07) is 6.11. The van der Waals surface area contributed by atoms with Crippen molar-refractivity contribution < 1.29 is 9.32 Å². The Morgan fingerprint density at radius 1 is 1.42 bits per heavy atom. The molecule has 2 heterocycles. The second kappa shape index (κ2) is 7.86. The van der Waals surface area contributed by atoms with Crippen molar-refractivity contribution >= 4 is 17.5 Å². The maximum Gasteiger partial charge on any atom is 0.265 e. The number of para-hydroxylation sites is 1. The van der Waals surface area contributed by atoms with E-state index in [1.807, 2.05) is 38.1 Å². The van der Waals surface area contributed by atoms with Gasteiger partial charge in [-0.3, -0.25) is 9.69 Å². The number of amides is 1. The minimum Gasteiger partial charge on any atom is -0.344 e. The fraction of sp³-hybridized carbons (Fsp3) is 0.526. The summed E-state index contributed by atoms with van der Waals surface area (Å²) in [4.78, 5) is 21.0. The van der Waals surface area contributed by atoms with Crippen LogP contribution in [0.1, 0.15) is 42.8 Å². The van der Waals surface area contributed by atoms with Crippen LogP contribution in [0.3, 0.4) is 0 Å². The fourth-order valence-electron chi connectivity index (χ4n) is 3.40. The molecule has 1 aromatic heterocycles. The van der Waals surface area contributed by atoms with E-state index in [1.54, 1.807) is 0 Å². The minimum atomic E-state index is -0.00625. The summed E-state index contributed by atoms with van der Waals surface area (Å²) in [7, 11) is 3.75. The van der Waals surface area contributed by atoms with Gasteiger partial charge in [-0.2, -0.15) is 4.98 Å². The first-order valence-electron chi connectivity index (χ1n) is 9.13. The number of anilines is 2. The predicted molar refractivity (Wildman–Crippen MR) is 101 cm³/mol. The average molecular weight is 357 g/mol. The summed E-state index contributed by atoms with van der Waals surface area (Å²) < 4.78 is 5.42. The fourth-order valence-corrected chi connectivity index (χ4v) is 3.40. The number of hydrogen-bond acceptors (Lipinski definition) is 6. The first-order chi connectivity index (χ1) is 12.5. The first kappa shape index (κ1) is 18.4. The van der Waals surface area contributed by atoms with Crippen LogP contribution < -0.4 is 10.2 Å². The Morgan fingerprint density at radius 3 is 2.92 bits per heavy atom. The molecule has 0 saturated carbocycles. The Morgan fingerprint density at radius 2 is 2.23 bits per heavy atom. The summed E-state index contributed by atoms with van der Waals surface area (Å²) in [5.41, 5.74) is 3.18. The van der Waals surface area contributed by atoms with Crippen molar-refractivity contribution in [3.05, 3.63) is 35.2 Å². The van der Waals surface area contributed by atoms with Gasteiger partial charge in [0.25, 0.3) is 5.95 Å². The van der Waals surface area contributed by atoms with E-state index < -0.39 is 0 Å². The number of likely N-dealkylation sites (tertiary alicyclic amines) is 1. The summed E-state index contributed by atoms with van der Waals surface area (Å²) in [5.74, 6) is 1.14. The molecule has 1 amide bonds. The molecule has 1 N–H and O–H groups in total. The molecule has 0 bridgehead atoms. The highest BCUT2D eigenvalue weighted by Crippen LogP contribution is 2.31. The van der Waals surface area contributed by atoms with Gasteiger partial charge >= 0.3 is 0 Å². The van der Waals surface area contributed by atoms with E-state index in [2.05, 4.69) is 33.3 Å². The Hall–Kier alpha value is -2.41. The van der Waals surface area contributed by atoms with Crippen LogP contribution in [-0.4, -0.2) is 48.1 Å². The molecule has 7 heteroatoms.